The zero-order chi connectivity index (χ0) is 21.0. The standard InChI is InChI=1S/C21H18Cl2FNO3S/c1-2-3-8-25-20(26)18(29-21(25)27)11-14-9-16(22)19(17(23)10-14)28-12-13-4-6-15(24)7-5-13/h4-7,9-11H,2-3,8,12H2,1H3/b18-11-. The number of hydrogen-bond acceptors (Lipinski definition) is 4. The second kappa shape index (κ2) is 9.65. The third-order valence-electron chi connectivity index (χ3n) is 4.22. The molecule has 1 saturated heterocycles. The van der Waals surface area contributed by atoms with Crippen LogP contribution in [0, 0.1) is 5.82 Å². The molecular formula is C21H18Cl2FNO3S. The van der Waals surface area contributed by atoms with E-state index in [1.54, 1.807) is 30.3 Å². The monoisotopic (exact) mass is 453 g/mol. The van der Waals surface area contributed by atoms with Gasteiger partial charge >= 0.3 is 0 Å². The highest BCUT2D eigenvalue weighted by Gasteiger charge is 2.34. The van der Waals surface area contributed by atoms with E-state index in [4.69, 9.17) is 27.9 Å². The van der Waals surface area contributed by atoms with E-state index in [2.05, 4.69) is 0 Å². The largest absolute Gasteiger partial charge is 0.486 e. The molecule has 1 heterocycles. The molecule has 0 aliphatic carbocycles. The summed E-state index contributed by atoms with van der Waals surface area (Å²) in [4.78, 5) is 26.1. The van der Waals surface area contributed by atoms with Crippen molar-refractivity contribution in [3.63, 3.8) is 0 Å². The van der Waals surface area contributed by atoms with Gasteiger partial charge in [0.2, 0.25) is 0 Å². The molecule has 2 aromatic carbocycles. The maximum absolute atomic E-state index is 13.0. The predicted octanol–water partition coefficient (Wildman–Crippen LogP) is 6.55. The molecule has 0 N–H and O–H groups in total. The highest BCUT2D eigenvalue weighted by molar-refractivity contribution is 8.18. The van der Waals surface area contributed by atoms with Gasteiger partial charge in [0.25, 0.3) is 11.1 Å². The lowest BCUT2D eigenvalue weighted by atomic mass is 10.2. The number of benzene rings is 2. The molecule has 1 aliphatic rings. The number of hydrogen-bond donors (Lipinski definition) is 0. The van der Waals surface area contributed by atoms with Gasteiger partial charge in [-0.25, -0.2) is 4.39 Å². The highest BCUT2D eigenvalue weighted by atomic mass is 35.5. The Bertz CT molecular complexity index is 940. The molecule has 3 rings (SSSR count). The second-order valence-corrected chi connectivity index (χ2v) is 8.22. The van der Waals surface area contributed by atoms with Gasteiger partial charge in [-0.3, -0.25) is 14.5 Å². The van der Waals surface area contributed by atoms with Crippen molar-refractivity contribution < 1.29 is 18.7 Å². The number of carbonyl (C=O) groups is 2. The van der Waals surface area contributed by atoms with Crippen molar-refractivity contribution in [2.24, 2.45) is 0 Å². The number of nitrogens with zero attached hydrogens (tertiary/aromatic N) is 1. The van der Waals surface area contributed by atoms with Crippen LogP contribution in [0.4, 0.5) is 9.18 Å². The predicted molar refractivity (Wildman–Crippen MR) is 115 cm³/mol. The van der Waals surface area contributed by atoms with Gasteiger partial charge in [-0.2, -0.15) is 0 Å². The number of ether oxygens (including phenoxy) is 1. The Kier molecular flexibility index (Phi) is 7.22. The van der Waals surface area contributed by atoms with E-state index in [-0.39, 0.29) is 33.6 Å². The Morgan fingerprint density at radius 3 is 2.41 bits per heavy atom. The summed E-state index contributed by atoms with van der Waals surface area (Å²) in [6, 6.07) is 9.15. The van der Waals surface area contributed by atoms with Gasteiger partial charge in [0, 0.05) is 6.54 Å². The normalized spacial score (nSPS) is 15.4. The van der Waals surface area contributed by atoms with E-state index < -0.39 is 0 Å². The first-order chi connectivity index (χ1) is 13.9. The average Bonchev–Trinajstić information content (AvgIpc) is 2.94. The van der Waals surface area contributed by atoms with Crippen LogP contribution in [-0.4, -0.2) is 22.6 Å². The Balaban J connectivity index is 1.75. The smallest absolute Gasteiger partial charge is 0.293 e. The van der Waals surface area contributed by atoms with Gasteiger partial charge in [-0.15, -0.1) is 0 Å². The minimum absolute atomic E-state index is 0.176. The molecule has 0 unspecified atom stereocenters. The molecule has 0 aromatic heterocycles. The molecule has 0 spiro atoms. The van der Waals surface area contributed by atoms with Crippen LogP contribution in [-0.2, 0) is 11.4 Å². The Labute approximate surface area is 182 Å². The average molecular weight is 454 g/mol. The van der Waals surface area contributed by atoms with Crippen molar-refractivity contribution in [3.8, 4) is 5.75 Å². The minimum atomic E-state index is -0.326. The van der Waals surface area contributed by atoms with E-state index in [1.807, 2.05) is 6.92 Å². The van der Waals surface area contributed by atoms with Crippen LogP contribution >= 0.6 is 35.0 Å². The summed E-state index contributed by atoms with van der Waals surface area (Å²) >= 11 is 13.5. The van der Waals surface area contributed by atoms with E-state index in [1.165, 1.54) is 17.0 Å². The molecule has 0 atom stereocenters. The summed E-state index contributed by atoms with van der Waals surface area (Å²) < 4.78 is 18.7. The van der Waals surface area contributed by atoms with Crippen LogP contribution < -0.4 is 4.74 Å². The number of amides is 2. The second-order valence-electron chi connectivity index (χ2n) is 6.42. The molecule has 1 aliphatic heterocycles. The van der Waals surface area contributed by atoms with Gasteiger partial charge in [-0.1, -0.05) is 48.7 Å². The van der Waals surface area contributed by atoms with Crippen LogP contribution in [0.5, 0.6) is 5.75 Å². The van der Waals surface area contributed by atoms with Crippen LogP contribution in [0.25, 0.3) is 6.08 Å². The maximum atomic E-state index is 13.0. The lowest BCUT2D eigenvalue weighted by molar-refractivity contribution is -0.122. The fourth-order valence-electron chi connectivity index (χ4n) is 2.70. The summed E-state index contributed by atoms with van der Waals surface area (Å²) in [5.74, 6) is -0.337. The van der Waals surface area contributed by atoms with Crippen LogP contribution in [0.1, 0.15) is 30.9 Å². The van der Waals surface area contributed by atoms with Gasteiger partial charge in [-0.05, 0) is 59.7 Å². The zero-order valence-electron chi connectivity index (χ0n) is 15.6. The maximum Gasteiger partial charge on any atom is 0.293 e. The molecular weight excluding hydrogens is 436 g/mol. The number of halogens is 3. The van der Waals surface area contributed by atoms with Gasteiger partial charge in [0.1, 0.15) is 12.4 Å². The lowest BCUT2D eigenvalue weighted by Crippen LogP contribution is -2.29. The lowest BCUT2D eigenvalue weighted by Gasteiger charge is -2.12. The Morgan fingerprint density at radius 1 is 1.14 bits per heavy atom. The molecule has 0 radical (unpaired) electrons. The first kappa shape index (κ1) is 21.7. The molecule has 4 nitrogen and oxygen atoms in total. The third-order valence-corrected chi connectivity index (χ3v) is 5.69. The number of imide groups is 1. The van der Waals surface area contributed by atoms with Crippen molar-refractivity contribution >= 4 is 52.2 Å². The quantitative estimate of drug-likeness (QED) is 0.446. The summed E-state index contributed by atoms with van der Waals surface area (Å²) in [6.45, 7) is 2.59. The number of rotatable bonds is 7. The molecule has 152 valence electrons. The summed E-state index contributed by atoms with van der Waals surface area (Å²) in [5, 5.41) is 0.276. The molecule has 1 fully saturated rings. The topological polar surface area (TPSA) is 46.6 Å². The van der Waals surface area contributed by atoms with Gasteiger partial charge in [0.15, 0.2) is 5.75 Å². The van der Waals surface area contributed by atoms with Crippen molar-refractivity contribution in [3.05, 3.63) is 68.3 Å². The van der Waals surface area contributed by atoms with Crippen molar-refractivity contribution in [2.75, 3.05) is 6.54 Å². The summed E-state index contributed by atoms with van der Waals surface area (Å²) in [5.41, 5.74) is 1.36. The first-order valence-corrected chi connectivity index (χ1v) is 10.6. The van der Waals surface area contributed by atoms with Crippen molar-refractivity contribution in [1.29, 1.82) is 0 Å². The molecule has 2 aromatic rings. The van der Waals surface area contributed by atoms with Gasteiger partial charge in [0.05, 0.1) is 15.0 Å². The van der Waals surface area contributed by atoms with Crippen LogP contribution in [0.15, 0.2) is 41.3 Å². The van der Waals surface area contributed by atoms with E-state index in [0.29, 0.717) is 22.8 Å². The fourth-order valence-corrected chi connectivity index (χ4v) is 4.18. The molecule has 0 bridgehead atoms. The van der Waals surface area contributed by atoms with Crippen molar-refractivity contribution in [2.45, 2.75) is 26.4 Å². The summed E-state index contributed by atoms with van der Waals surface area (Å²) in [6.07, 6.45) is 3.26. The first-order valence-electron chi connectivity index (χ1n) is 9.00. The molecule has 8 heteroatoms. The minimum Gasteiger partial charge on any atom is -0.486 e. The molecule has 0 saturated carbocycles. The van der Waals surface area contributed by atoms with E-state index in [9.17, 15) is 14.0 Å². The Hall–Kier alpha value is -2.02. The molecule has 2 amide bonds. The van der Waals surface area contributed by atoms with Crippen LogP contribution in [0.2, 0.25) is 10.0 Å². The number of unbranched alkanes of at least 4 members (excludes halogenated alkanes) is 1. The van der Waals surface area contributed by atoms with Gasteiger partial charge < -0.3 is 4.74 Å². The highest BCUT2D eigenvalue weighted by Crippen LogP contribution is 2.37. The SMILES string of the molecule is CCCCN1C(=O)S/C(=C\c2cc(Cl)c(OCc3ccc(F)cc3)c(Cl)c2)C1=O. The Morgan fingerprint density at radius 2 is 1.79 bits per heavy atom. The third kappa shape index (κ3) is 5.32. The zero-order valence-corrected chi connectivity index (χ0v) is 17.9. The van der Waals surface area contributed by atoms with E-state index in [0.717, 1.165) is 30.2 Å². The number of carbonyl (C=O) groups excluding carboxylic acids is 2. The van der Waals surface area contributed by atoms with E-state index >= 15 is 0 Å². The number of thioether (sulfide) groups is 1. The van der Waals surface area contributed by atoms with Crippen LogP contribution in [0.3, 0.4) is 0 Å². The fraction of sp³-hybridized carbons (Fsp3) is 0.238. The van der Waals surface area contributed by atoms with Crippen molar-refractivity contribution in [1.82, 2.24) is 4.90 Å². The molecule has 29 heavy (non-hydrogen) atoms. The summed E-state index contributed by atoms with van der Waals surface area (Å²) in [7, 11) is 0.